The molecule has 21 heavy (non-hydrogen) atoms. The molecule has 0 aliphatic heterocycles. The summed E-state index contributed by atoms with van der Waals surface area (Å²) in [6.07, 6.45) is 1.88. The van der Waals surface area contributed by atoms with Gasteiger partial charge in [-0.3, -0.25) is 0 Å². The lowest BCUT2D eigenvalue weighted by Crippen LogP contribution is -2.33. The second kappa shape index (κ2) is 9.34. The average molecular weight is 311 g/mol. The molecule has 1 aromatic carbocycles. The highest BCUT2D eigenvalue weighted by atomic mass is 32.2. The Morgan fingerprint density at radius 1 is 1.19 bits per heavy atom. The summed E-state index contributed by atoms with van der Waals surface area (Å²) in [7, 11) is 0.830. The van der Waals surface area contributed by atoms with Gasteiger partial charge in [-0.25, -0.2) is 8.51 Å². The molecule has 2 atom stereocenters. The summed E-state index contributed by atoms with van der Waals surface area (Å²) in [5.74, 6) is 0.500. The maximum absolute atomic E-state index is 12.7. The van der Waals surface area contributed by atoms with Gasteiger partial charge in [0.2, 0.25) is 0 Å². The molecule has 120 valence electrons. The van der Waals surface area contributed by atoms with Crippen LogP contribution in [0.15, 0.2) is 29.2 Å². The molecule has 2 unspecified atom stereocenters. The van der Waals surface area contributed by atoms with Crippen molar-refractivity contribution >= 4 is 11.0 Å². The maximum Gasteiger partial charge on any atom is 0.127 e. The molecule has 0 fully saturated rings. The van der Waals surface area contributed by atoms with Gasteiger partial charge in [-0.05, 0) is 43.4 Å². The van der Waals surface area contributed by atoms with Crippen molar-refractivity contribution in [1.82, 2.24) is 4.31 Å². The zero-order valence-corrected chi connectivity index (χ0v) is 14.8. The summed E-state index contributed by atoms with van der Waals surface area (Å²) < 4.78 is 20.0. The van der Waals surface area contributed by atoms with Crippen LogP contribution >= 0.6 is 0 Å². The van der Waals surface area contributed by atoms with E-state index in [1.54, 1.807) is 0 Å². The van der Waals surface area contributed by atoms with E-state index >= 15 is 0 Å². The fraction of sp³-hybridized carbons (Fsp3) is 0.647. The molecule has 0 bridgehead atoms. The molecule has 0 saturated carbocycles. The second-order valence-electron chi connectivity index (χ2n) is 5.57. The summed E-state index contributed by atoms with van der Waals surface area (Å²) in [4.78, 5) is 0.872. The van der Waals surface area contributed by atoms with Crippen LogP contribution in [0.25, 0.3) is 0 Å². The number of rotatable bonds is 9. The van der Waals surface area contributed by atoms with Crippen LogP contribution in [0.1, 0.15) is 52.0 Å². The van der Waals surface area contributed by atoms with E-state index in [1.165, 1.54) is 5.56 Å². The predicted octanol–water partition coefficient (Wildman–Crippen LogP) is 3.97. The lowest BCUT2D eigenvalue weighted by molar-refractivity contribution is 0.129. The molecule has 3 nitrogen and oxygen atoms in total. The summed E-state index contributed by atoms with van der Waals surface area (Å²) >= 11 is 0. The lowest BCUT2D eigenvalue weighted by atomic mass is 10.0. The number of hydrogen-bond donors (Lipinski definition) is 0. The van der Waals surface area contributed by atoms with Gasteiger partial charge in [-0.1, -0.05) is 32.9 Å². The molecular weight excluding hydrogens is 282 g/mol. The first-order valence-electron chi connectivity index (χ1n) is 7.83. The van der Waals surface area contributed by atoms with Crippen molar-refractivity contribution in [2.75, 3.05) is 20.3 Å². The van der Waals surface area contributed by atoms with Crippen molar-refractivity contribution in [3.8, 4) is 0 Å². The Kier molecular flexibility index (Phi) is 8.15. The first kappa shape index (κ1) is 18.3. The Hall–Kier alpha value is -0.710. The smallest absolute Gasteiger partial charge is 0.127 e. The van der Waals surface area contributed by atoms with Gasteiger partial charge in [0.05, 0.1) is 4.90 Å². The van der Waals surface area contributed by atoms with Gasteiger partial charge in [0.15, 0.2) is 0 Å². The van der Waals surface area contributed by atoms with Crippen LogP contribution in [-0.2, 0) is 15.7 Å². The minimum absolute atomic E-state index is 0.280. The molecule has 0 N–H and O–H groups in total. The number of nitrogens with zero attached hydrogens (tertiary/aromatic N) is 1. The zero-order valence-electron chi connectivity index (χ0n) is 14.0. The fourth-order valence-electron chi connectivity index (χ4n) is 2.28. The van der Waals surface area contributed by atoms with Crippen LogP contribution in [0.2, 0.25) is 0 Å². The van der Waals surface area contributed by atoms with Gasteiger partial charge >= 0.3 is 0 Å². The lowest BCUT2D eigenvalue weighted by Gasteiger charge is -2.26. The Bertz CT molecular complexity index is 431. The van der Waals surface area contributed by atoms with Crippen LogP contribution in [0.5, 0.6) is 0 Å². The minimum Gasteiger partial charge on any atom is -0.382 e. The summed E-state index contributed by atoms with van der Waals surface area (Å²) in [6, 6.07) is 8.40. The fourth-order valence-corrected chi connectivity index (χ4v) is 3.50. The summed E-state index contributed by atoms with van der Waals surface area (Å²) in [5.41, 5.74) is 1.28. The highest BCUT2D eigenvalue weighted by molar-refractivity contribution is 7.82. The van der Waals surface area contributed by atoms with E-state index in [2.05, 4.69) is 32.9 Å². The largest absolute Gasteiger partial charge is 0.382 e. The SMILES string of the molecule is CCOCCC(CC)N(C)S(=O)c1ccc(C(C)C)cc1. The molecule has 0 aliphatic carbocycles. The molecule has 0 aromatic heterocycles. The van der Waals surface area contributed by atoms with Crippen molar-refractivity contribution in [2.45, 2.75) is 57.4 Å². The normalized spacial score (nSPS) is 14.6. The van der Waals surface area contributed by atoms with Crippen LogP contribution in [-0.4, -0.2) is 34.8 Å². The molecule has 4 heteroatoms. The second-order valence-corrected chi connectivity index (χ2v) is 7.11. The molecule has 0 spiro atoms. The van der Waals surface area contributed by atoms with Crippen LogP contribution in [0.3, 0.4) is 0 Å². The molecule has 0 saturated heterocycles. The van der Waals surface area contributed by atoms with E-state index in [9.17, 15) is 4.21 Å². The van der Waals surface area contributed by atoms with Gasteiger partial charge in [-0.2, -0.15) is 0 Å². The summed E-state index contributed by atoms with van der Waals surface area (Å²) in [5, 5.41) is 0. The van der Waals surface area contributed by atoms with Crippen LogP contribution in [0.4, 0.5) is 0 Å². The Labute approximate surface area is 132 Å². The quantitative estimate of drug-likeness (QED) is 0.646. The highest BCUT2D eigenvalue weighted by Crippen LogP contribution is 2.19. The van der Waals surface area contributed by atoms with Crippen molar-refractivity contribution in [3.63, 3.8) is 0 Å². The van der Waals surface area contributed by atoms with E-state index in [0.717, 1.165) is 31.0 Å². The van der Waals surface area contributed by atoms with Gasteiger partial charge in [0, 0.05) is 26.3 Å². The van der Waals surface area contributed by atoms with Crippen molar-refractivity contribution in [1.29, 1.82) is 0 Å². The minimum atomic E-state index is -1.11. The van der Waals surface area contributed by atoms with E-state index in [-0.39, 0.29) is 6.04 Å². The molecular formula is C17H29NO2S. The van der Waals surface area contributed by atoms with E-state index in [1.807, 2.05) is 30.4 Å². The maximum atomic E-state index is 12.7. The van der Waals surface area contributed by atoms with Crippen molar-refractivity contribution in [2.24, 2.45) is 0 Å². The van der Waals surface area contributed by atoms with E-state index < -0.39 is 11.0 Å². The summed E-state index contributed by atoms with van der Waals surface area (Å²) in [6.45, 7) is 9.92. The van der Waals surface area contributed by atoms with Crippen LogP contribution < -0.4 is 0 Å². The van der Waals surface area contributed by atoms with Gasteiger partial charge in [0.25, 0.3) is 0 Å². The molecule has 0 heterocycles. The Morgan fingerprint density at radius 3 is 2.29 bits per heavy atom. The van der Waals surface area contributed by atoms with Crippen molar-refractivity contribution < 1.29 is 8.95 Å². The van der Waals surface area contributed by atoms with E-state index in [0.29, 0.717) is 5.92 Å². The first-order valence-corrected chi connectivity index (χ1v) is 8.94. The van der Waals surface area contributed by atoms with E-state index in [4.69, 9.17) is 4.74 Å². The monoisotopic (exact) mass is 311 g/mol. The standard InChI is InChI=1S/C17H29NO2S/c1-6-16(12-13-20-7-2)18(5)21(19)17-10-8-15(9-11-17)14(3)4/h8-11,14,16H,6-7,12-13H2,1-5H3. The Morgan fingerprint density at radius 2 is 1.81 bits per heavy atom. The topological polar surface area (TPSA) is 29.5 Å². The number of hydrogen-bond acceptors (Lipinski definition) is 2. The van der Waals surface area contributed by atoms with Gasteiger partial charge < -0.3 is 4.74 Å². The van der Waals surface area contributed by atoms with Gasteiger partial charge in [-0.15, -0.1) is 0 Å². The third-order valence-electron chi connectivity index (χ3n) is 3.79. The third kappa shape index (κ3) is 5.53. The predicted molar refractivity (Wildman–Crippen MR) is 89.9 cm³/mol. The average Bonchev–Trinajstić information content (AvgIpc) is 2.50. The number of benzene rings is 1. The molecule has 1 rings (SSSR count). The molecule has 0 aliphatic rings. The highest BCUT2D eigenvalue weighted by Gasteiger charge is 2.19. The molecule has 0 radical (unpaired) electrons. The Balaban J connectivity index is 2.71. The molecule has 0 amide bonds. The first-order chi connectivity index (χ1) is 10.0. The zero-order chi connectivity index (χ0) is 15.8. The van der Waals surface area contributed by atoms with Crippen molar-refractivity contribution in [3.05, 3.63) is 29.8 Å². The third-order valence-corrected chi connectivity index (χ3v) is 5.29. The number of ether oxygens (including phenoxy) is 1. The molecule has 1 aromatic rings. The van der Waals surface area contributed by atoms with Gasteiger partial charge in [0.1, 0.15) is 11.0 Å². The van der Waals surface area contributed by atoms with Crippen LogP contribution in [0, 0.1) is 0 Å².